The summed E-state index contributed by atoms with van der Waals surface area (Å²) in [4.78, 5) is 12.5. The largest absolute Gasteiger partial charge is 0.497 e. The van der Waals surface area contributed by atoms with Gasteiger partial charge in [0.15, 0.2) is 5.78 Å². The standard InChI is InChI=1S/C17H16O3/c1-19-13-5-3-11(4-6-13)16-10-12-9-14(20-2)7-8-15(12)17(16)18/h3-9,16H,10H2,1-2H3. The first kappa shape index (κ1) is 12.7. The summed E-state index contributed by atoms with van der Waals surface area (Å²) < 4.78 is 10.4. The zero-order chi connectivity index (χ0) is 14.1. The molecule has 0 aromatic heterocycles. The van der Waals surface area contributed by atoms with Crippen LogP contribution in [0.2, 0.25) is 0 Å². The van der Waals surface area contributed by atoms with E-state index in [0.717, 1.165) is 34.6 Å². The molecule has 20 heavy (non-hydrogen) atoms. The maximum absolute atomic E-state index is 12.5. The number of carbonyl (C=O) groups is 1. The van der Waals surface area contributed by atoms with Crippen LogP contribution in [0.5, 0.6) is 11.5 Å². The van der Waals surface area contributed by atoms with E-state index in [-0.39, 0.29) is 11.7 Å². The number of Topliss-reactive ketones (excluding diaryl/α,β-unsaturated/α-hetero) is 1. The van der Waals surface area contributed by atoms with Crippen molar-refractivity contribution in [3.63, 3.8) is 0 Å². The highest BCUT2D eigenvalue weighted by molar-refractivity contribution is 6.05. The second-order valence-corrected chi connectivity index (χ2v) is 4.92. The zero-order valence-corrected chi connectivity index (χ0v) is 11.6. The van der Waals surface area contributed by atoms with E-state index in [9.17, 15) is 4.79 Å². The molecule has 2 aromatic rings. The molecular weight excluding hydrogens is 252 g/mol. The summed E-state index contributed by atoms with van der Waals surface area (Å²) in [7, 11) is 3.28. The molecule has 2 aromatic carbocycles. The van der Waals surface area contributed by atoms with Crippen LogP contribution in [0.25, 0.3) is 0 Å². The predicted molar refractivity (Wildman–Crippen MR) is 76.8 cm³/mol. The van der Waals surface area contributed by atoms with Crippen LogP contribution in [0.3, 0.4) is 0 Å². The first-order valence-corrected chi connectivity index (χ1v) is 6.58. The van der Waals surface area contributed by atoms with Crippen molar-refractivity contribution < 1.29 is 14.3 Å². The maximum Gasteiger partial charge on any atom is 0.170 e. The van der Waals surface area contributed by atoms with Gasteiger partial charge in [0.2, 0.25) is 0 Å². The molecule has 0 saturated carbocycles. The Bertz CT molecular complexity index is 644. The van der Waals surface area contributed by atoms with Gasteiger partial charge in [-0.15, -0.1) is 0 Å². The molecule has 1 atom stereocenters. The van der Waals surface area contributed by atoms with E-state index in [1.807, 2.05) is 42.5 Å². The van der Waals surface area contributed by atoms with Gasteiger partial charge in [-0.05, 0) is 47.9 Å². The third kappa shape index (κ3) is 2.05. The number of fused-ring (bicyclic) bond motifs is 1. The summed E-state index contributed by atoms with van der Waals surface area (Å²) in [5.74, 6) is 1.70. The Morgan fingerprint density at radius 3 is 2.25 bits per heavy atom. The minimum absolute atomic E-state index is 0.0944. The van der Waals surface area contributed by atoms with Crippen molar-refractivity contribution in [1.82, 2.24) is 0 Å². The lowest BCUT2D eigenvalue weighted by atomic mass is 9.95. The number of ether oxygens (including phenoxy) is 2. The highest BCUT2D eigenvalue weighted by Gasteiger charge is 2.31. The van der Waals surface area contributed by atoms with Gasteiger partial charge in [0.05, 0.1) is 20.1 Å². The second kappa shape index (κ2) is 5.00. The molecule has 0 radical (unpaired) electrons. The normalized spacial score (nSPS) is 16.9. The smallest absolute Gasteiger partial charge is 0.170 e. The van der Waals surface area contributed by atoms with E-state index < -0.39 is 0 Å². The van der Waals surface area contributed by atoms with Gasteiger partial charge in [-0.1, -0.05) is 12.1 Å². The Morgan fingerprint density at radius 1 is 0.950 bits per heavy atom. The summed E-state index contributed by atoms with van der Waals surface area (Å²) in [6, 6.07) is 13.4. The molecule has 0 bridgehead atoms. The van der Waals surface area contributed by atoms with Crippen LogP contribution in [0.4, 0.5) is 0 Å². The van der Waals surface area contributed by atoms with Crippen LogP contribution in [-0.2, 0) is 6.42 Å². The fourth-order valence-corrected chi connectivity index (χ4v) is 2.71. The van der Waals surface area contributed by atoms with Crippen molar-refractivity contribution in [3.05, 3.63) is 59.2 Å². The third-order valence-electron chi connectivity index (χ3n) is 3.84. The fraction of sp³-hybridized carbons (Fsp3) is 0.235. The van der Waals surface area contributed by atoms with Crippen molar-refractivity contribution >= 4 is 5.78 Å². The van der Waals surface area contributed by atoms with Crippen molar-refractivity contribution in [2.75, 3.05) is 14.2 Å². The molecule has 3 nitrogen and oxygen atoms in total. The molecule has 3 rings (SSSR count). The molecule has 0 N–H and O–H groups in total. The highest BCUT2D eigenvalue weighted by Crippen LogP contribution is 2.36. The summed E-state index contributed by atoms with van der Waals surface area (Å²) in [6.45, 7) is 0. The minimum atomic E-state index is -0.0944. The number of hydrogen-bond donors (Lipinski definition) is 0. The Balaban J connectivity index is 1.92. The van der Waals surface area contributed by atoms with Crippen molar-refractivity contribution in [3.8, 4) is 11.5 Å². The van der Waals surface area contributed by atoms with Crippen LogP contribution in [0.15, 0.2) is 42.5 Å². The average Bonchev–Trinajstić information content (AvgIpc) is 2.84. The second-order valence-electron chi connectivity index (χ2n) is 4.92. The first-order chi connectivity index (χ1) is 9.72. The Labute approximate surface area is 118 Å². The van der Waals surface area contributed by atoms with E-state index >= 15 is 0 Å². The van der Waals surface area contributed by atoms with Gasteiger partial charge in [0.25, 0.3) is 0 Å². The molecule has 1 aliphatic rings. The minimum Gasteiger partial charge on any atom is -0.497 e. The summed E-state index contributed by atoms with van der Waals surface area (Å²) >= 11 is 0. The first-order valence-electron chi connectivity index (χ1n) is 6.58. The van der Waals surface area contributed by atoms with Gasteiger partial charge >= 0.3 is 0 Å². The summed E-state index contributed by atoms with van der Waals surface area (Å²) in [5.41, 5.74) is 2.91. The number of benzene rings is 2. The molecule has 102 valence electrons. The highest BCUT2D eigenvalue weighted by atomic mass is 16.5. The van der Waals surface area contributed by atoms with Gasteiger partial charge in [0.1, 0.15) is 11.5 Å². The van der Waals surface area contributed by atoms with Gasteiger partial charge in [-0.3, -0.25) is 4.79 Å². The molecule has 1 unspecified atom stereocenters. The average molecular weight is 268 g/mol. The van der Waals surface area contributed by atoms with Crippen LogP contribution >= 0.6 is 0 Å². The van der Waals surface area contributed by atoms with E-state index in [1.165, 1.54) is 0 Å². The molecule has 0 heterocycles. The van der Waals surface area contributed by atoms with E-state index in [0.29, 0.717) is 0 Å². The van der Waals surface area contributed by atoms with Crippen molar-refractivity contribution in [2.45, 2.75) is 12.3 Å². The number of rotatable bonds is 3. The maximum atomic E-state index is 12.5. The monoisotopic (exact) mass is 268 g/mol. The van der Waals surface area contributed by atoms with Crippen LogP contribution < -0.4 is 9.47 Å². The summed E-state index contributed by atoms with van der Waals surface area (Å²) in [6.07, 6.45) is 0.734. The number of ketones is 1. The van der Waals surface area contributed by atoms with Crippen molar-refractivity contribution in [2.24, 2.45) is 0 Å². The van der Waals surface area contributed by atoms with Gasteiger partial charge in [0, 0.05) is 5.56 Å². The molecule has 0 saturated heterocycles. The van der Waals surface area contributed by atoms with E-state index in [2.05, 4.69) is 0 Å². The van der Waals surface area contributed by atoms with Crippen LogP contribution in [0, 0.1) is 0 Å². The molecule has 1 aliphatic carbocycles. The molecule has 0 amide bonds. The molecule has 0 fully saturated rings. The lowest BCUT2D eigenvalue weighted by Crippen LogP contribution is -2.06. The zero-order valence-electron chi connectivity index (χ0n) is 11.6. The fourth-order valence-electron chi connectivity index (χ4n) is 2.71. The molecule has 3 heteroatoms. The van der Waals surface area contributed by atoms with Crippen LogP contribution in [0.1, 0.15) is 27.4 Å². The molecular formula is C17H16O3. The Hall–Kier alpha value is -2.29. The van der Waals surface area contributed by atoms with E-state index in [1.54, 1.807) is 14.2 Å². The number of carbonyl (C=O) groups excluding carboxylic acids is 1. The van der Waals surface area contributed by atoms with Gasteiger partial charge in [-0.2, -0.15) is 0 Å². The number of hydrogen-bond acceptors (Lipinski definition) is 3. The van der Waals surface area contributed by atoms with Gasteiger partial charge < -0.3 is 9.47 Å². The lowest BCUT2D eigenvalue weighted by molar-refractivity contribution is 0.0973. The van der Waals surface area contributed by atoms with Crippen LogP contribution in [-0.4, -0.2) is 20.0 Å². The molecule has 0 aliphatic heterocycles. The predicted octanol–water partition coefficient (Wildman–Crippen LogP) is 3.23. The quantitative estimate of drug-likeness (QED) is 0.857. The lowest BCUT2D eigenvalue weighted by Gasteiger charge is -2.09. The SMILES string of the molecule is COc1ccc(C2Cc3cc(OC)ccc3C2=O)cc1. The Kier molecular flexibility index (Phi) is 3.18. The van der Waals surface area contributed by atoms with Crippen molar-refractivity contribution in [1.29, 1.82) is 0 Å². The Morgan fingerprint density at radius 2 is 1.60 bits per heavy atom. The topological polar surface area (TPSA) is 35.5 Å². The molecule has 0 spiro atoms. The third-order valence-corrected chi connectivity index (χ3v) is 3.84. The number of methoxy groups -OCH3 is 2. The summed E-state index contributed by atoms with van der Waals surface area (Å²) in [5, 5.41) is 0. The van der Waals surface area contributed by atoms with E-state index in [4.69, 9.17) is 9.47 Å². The van der Waals surface area contributed by atoms with Gasteiger partial charge in [-0.25, -0.2) is 0 Å².